The third-order valence-corrected chi connectivity index (χ3v) is 10.0. The van der Waals surface area contributed by atoms with E-state index in [1.165, 1.54) is 65.0 Å². The van der Waals surface area contributed by atoms with Crippen LogP contribution in [0.25, 0.3) is 81.6 Å². The van der Waals surface area contributed by atoms with Crippen LogP contribution in [0.4, 0.5) is 17.1 Å². The van der Waals surface area contributed by atoms with E-state index in [-0.39, 0.29) is 0 Å². The van der Waals surface area contributed by atoms with Crippen LogP contribution in [0, 0.1) is 0 Å². The summed E-state index contributed by atoms with van der Waals surface area (Å²) < 4.78 is 9.09. The number of hydrogen-bond donors (Lipinski definition) is 0. The second-order valence-electron chi connectivity index (χ2n) is 12.5. The molecule has 0 amide bonds. The minimum atomic E-state index is 0.917. The molecular formula is C44H26N2O. The molecule has 3 heterocycles. The Morgan fingerprint density at radius 2 is 1.11 bits per heavy atom. The van der Waals surface area contributed by atoms with Gasteiger partial charge >= 0.3 is 0 Å². The van der Waals surface area contributed by atoms with Gasteiger partial charge in [0.05, 0.1) is 16.6 Å². The van der Waals surface area contributed by atoms with Crippen molar-refractivity contribution >= 4 is 98.6 Å². The van der Waals surface area contributed by atoms with E-state index in [0.29, 0.717) is 0 Å². The smallest absolute Gasteiger partial charge is 0.136 e. The van der Waals surface area contributed by atoms with Crippen LogP contribution in [0.1, 0.15) is 0 Å². The molecule has 0 fully saturated rings. The molecule has 0 spiro atoms. The van der Waals surface area contributed by atoms with Gasteiger partial charge in [0.2, 0.25) is 0 Å². The number of furan rings is 1. The van der Waals surface area contributed by atoms with Gasteiger partial charge in [0, 0.05) is 49.4 Å². The maximum atomic E-state index is 6.61. The molecule has 218 valence electrons. The summed E-state index contributed by atoms with van der Waals surface area (Å²) in [6, 6.07) is 57.0. The molecule has 0 aliphatic rings. The number of nitrogens with zero attached hydrogens (tertiary/aromatic N) is 2. The van der Waals surface area contributed by atoms with Crippen LogP contribution >= 0.6 is 0 Å². The molecule has 3 heteroatoms. The first-order valence-electron chi connectivity index (χ1n) is 16.1. The number of anilines is 3. The number of pyridine rings is 1. The zero-order chi connectivity index (χ0) is 30.6. The Kier molecular flexibility index (Phi) is 4.84. The number of benzene rings is 8. The van der Waals surface area contributed by atoms with E-state index in [4.69, 9.17) is 4.42 Å². The first-order valence-corrected chi connectivity index (χ1v) is 16.1. The molecule has 47 heavy (non-hydrogen) atoms. The molecule has 0 N–H and O–H groups in total. The largest absolute Gasteiger partial charge is 0.456 e. The minimum Gasteiger partial charge on any atom is -0.456 e. The fraction of sp³-hybridized carbons (Fsp3) is 0. The van der Waals surface area contributed by atoms with Gasteiger partial charge in [-0.1, -0.05) is 97.1 Å². The highest BCUT2D eigenvalue weighted by Gasteiger charge is 2.24. The van der Waals surface area contributed by atoms with E-state index in [1.54, 1.807) is 0 Å². The minimum absolute atomic E-state index is 0.917. The van der Waals surface area contributed by atoms with Gasteiger partial charge < -0.3 is 13.7 Å². The van der Waals surface area contributed by atoms with Gasteiger partial charge in [0.25, 0.3) is 0 Å². The molecule has 0 aliphatic carbocycles. The van der Waals surface area contributed by atoms with Gasteiger partial charge in [-0.15, -0.1) is 0 Å². The summed E-state index contributed by atoms with van der Waals surface area (Å²) in [5.74, 6) is 0. The monoisotopic (exact) mass is 598 g/mol. The van der Waals surface area contributed by atoms with Crippen LogP contribution < -0.4 is 4.90 Å². The highest BCUT2D eigenvalue weighted by Crippen LogP contribution is 2.48. The van der Waals surface area contributed by atoms with Gasteiger partial charge in [0.1, 0.15) is 11.2 Å². The summed E-state index contributed by atoms with van der Waals surface area (Å²) in [5, 5.41) is 12.2. The van der Waals surface area contributed by atoms with Crippen LogP contribution in [0.2, 0.25) is 0 Å². The summed E-state index contributed by atoms with van der Waals surface area (Å²) in [5.41, 5.74) is 8.86. The molecular weight excluding hydrogens is 572 g/mol. The van der Waals surface area contributed by atoms with E-state index in [0.717, 1.165) is 33.6 Å². The van der Waals surface area contributed by atoms with Crippen molar-refractivity contribution in [3.05, 3.63) is 158 Å². The summed E-state index contributed by atoms with van der Waals surface area (Å²) in [4.78, 5) is 2.39. The summed E-state index contributed by atoms with van der Waals surface area (Å²) in [6.45, 7) is 0. The lowest BCUT2D eigenvalue weighted by Gasteiger charge is -2.27. The van der Waals surface area contributed by atoms with Gasteiger partial charge in [-0.25, -0.2) is 0 Å². The Morgan fingerprint density at radius 1 is 0.383 bits per heavy atom. The quantitative estimate of drug-likeness (QED) is 0.149. The van der Waals surface area contributed by atoms with Gasteiger partial charge in [-0.2, -0.15) is 0 Å². The first kappa shape index (κ1) is 24.9. The second-order valence-corrected chi connectivity index (χ2v) is 12.5. The van der Waals surface area contributed by atoms with Crippen molar-refractivity contribution in [3.63, 3.8) is 0 Å². The topological polar surface area (TPSA) is 20.8 Å². The van der Waals surface area contributed by atoms with Crippen molar-refractivity contribution in [2.45, 2.75) is 0 Å². The summed E-state index contributed by atoms with van der Waals surface area (Å²) in [6.07, 6.45) is 0. The van der Waals surface area contributed by atoms with Crippen LogP contribution in [0.5, 0.6) is 0 Å². The van der Waals surface area contributed by atoms with Crippen molar-refractivity contribution in [1.29, 1.82) is 0 Å². The lowest BCUT2D eigenvalue weighted by molar-refractivity contribution is 0.669. The van der Waals surface area contributed by atoms with Crippen molar-refractivity contribution in [1.82, 2.24) is 4.40 Å². The molecule has 0 atom stereocenters. The van der Waals surface area contributed by atoms with Crippen LogP contribution in [0.3, 0.4) is 0 Å². The third kappa shape index (κ3) is 3.35. The molecule has 8 aromatic carbocycles. The first-order chi connectivity index (χ1) is 23.3. The fourth-order valence-electron chi connectivity index (χ4n) is 8.09. The van der Waals surface area contributed by atoms with E-state index >= 15 is 0 Å². The van der Waals surface area contributed by atoms with Gasteiger partial charge in [-0.05, 0) is 82.2 Å². The van der Waals surface area contributed by atoms with Gasteiger partial charge in [0.15, 0.2) is 0 Å². The standard InChI is InChI=1S/C44H26N2O/c1-2-14-30(15-3-1)45(31-22-21-27-11-4-5-12-28(27)23-31)32-24-29-13-10-19-38-41(29)35(25-32)36-26-40-42(34-17-7-9-20-39(34)47-40)43-33-16-6-8-18-37(33)46(38)44(36)43/h1-26H. The predicted octanol–water partition coefficient (Wildman–Crippen LogP) is 12.5. The molecule has 0 bridgehead atoms. The fourth-order valence-corrected chi connectivity index (χ4v) is 8.09. The van der Waals surface area contributed by atoms with Crippen LogP contribution in [-0.2, 0) is 0 Å². The predicted molar refractivity (Wildman–Crippen MR) is 198 cm³/mol. The summed E-state index contributed by atoms with van der Waals surface area (Å²) >= 11 is 0. The normalized spacial score (nSPS) is 12.3. The molecule has 0 unspecified atom stereocenters. The van der Waals surface area contributed by atoms with Crippen molar-refractivity contribution < 1.29 is 4.42 Å². The van der Waals surface area contributed by atoms with Crippen molar-refractivity contribution in [2.24, 2.45) is 0 Å². The van der Waals surface area contributed by atoms with Crippen molar-refractivity contribution in [3.8, 4) is 0 Å². The second kappa shape index (κ2) is 9.12. The van der Waals surface area contributed by atoms with Gasteiger partial charge in [-0.3, -0.25) is 0 Å². The van der Waals surface area contributed by atoms with Crippen LogP contribution in [0.15, 0.2) is 162 Å². The maximum absolute atomic E-state index is 6.61. The molecule has 0 saturated carbocycles. The molecule has 11 rings (SSSR count). The summed E-state index contributed by atoms with van der Waals surface area (Å²) in [7, 11) is 0. The Bertz CT molecular complexity index is 3020. The Morgan fingerprint density at radius 3 is 2.02 bits per heavy atom. The zero-order valence-corrected chi connectivity index (χ0v) is 25.3. The van der Waals surface area contributed by atoms with E-state index < -0.39 is 0 Å². The third-order valence-electron chi connectivity index (χ3n) is 10.0. The van der Waals surface area contributed by atoms with Crippen molar-refractivity contribution in [2.75, 3.05) is 4.90 Å². The Labute approximate surface area is 269 Å². The number of para-hydroxylation sites is 3. The molecule has 3 aromatic heterocycles. The highest BCUT2D eigenvalue weighted by atomic mass is 16.3. The number of aromatic nitrogens is 1. The average molecular weight is 599 g/mol. The zero-order valence-electron chi connectivity index (χ0n) is 25.3. The molecule has 0 saturated heterocycles. The average Bonchev–Trinajstić information content (AvgIpc) is 3.67. The van der Waals surface area contributed by atoms with E-state index in [9.17, 15) is 0 Å². The Balaban J connectivity index is 1.32. The SMILES string of the molecule is c1ccc(N(c2ccc3ccccc3c2)c2cc3cccc4c3c(c2)c2cc3oc5ccccc5c3c3c5ccccc5n4c23)cc1. The molecule has 0 aliphatic heterocycles. The number of hydrogen-bond acceptors (Lipinski definition) is 2. The lowest BCUT2D eigenvalue weighted by atomic mass is 9.96. The maximum Gasteiger partial charge on any atom is 0.136 e. The molecule has 3 nitrogen and oxygen atoms in total. The molecule has 0 radical (unpaired) electrons. The number of rotatable bonds is 3. The lowest BCUT2D eigenvalue weighted by Crippen LogP contribution is -2.10. The Hall–Kier alpha value is -6.32. The van der Waals surface area contributed by atoms with Crippen LogP contribution in [-0.4, -0.2) is 4.40 Å². The van der Waals surface area contributed by atoms with E-state index in [1.807, 2.05) is 0 Å². The molecule has 11 aromatic rings. The number of fused-ring (bicyclic) bond motifs is 10. The highest BCUT2D eigenvalue weighted by molar-refractivity contribution is 6.36. The van der Waals surface area contributed by atoms with E-state index in [2.05, 4.69) is 167 Å².